The van der Waals surface area contributed by atoms with Gasteiger partial charge in [0.25, 0.3) is 5.91 Å². The van der Waals surface area contributed by atoms with Crippen LogP contribution in [-0.4, -0.2) is 32.7 Å². The number of carbonyl (C=O) groups excluding carboxylic acids is 1. The van der Waals surface area contributed by atoms with E-state index in [1.165, 1.54) is 5.56 Å². The maximum Gasteiger partial charge on any atom is 0.251 e. The van der Waals surface area contributed by atoms with Gasteiger partial charge in [-0.1, -0.05) is 32.9 Å². The van der Waals surface area contributed by atoms with Crippen LogP contribution in [0.25, 0.3) is 0 Å². The molecule has 0 aliphatic heterocycles. The van der Waals surface area contributed by atoms with Gasteiger partial charge in [0.05, 0.1) is 6.04 Å². The lowest BCUT2D eigenvalue weighted by Crippen LogP contribution is -2.27. The van der Waals surface area contributed by atoms with Crippen LogP contribution in [0.2, 0.25) is 0 Å². The molecule has 2 aromatic rings. The Morgan fingerprint density at radius 1 is 1.22 bits per heavy atom. The Balaban J connectivity index is 1.91. The number of amides is 1. The van der Waals surface area contributed by atoms with Gasteiger partial charge < -0.3 is 5.32 Å². The lowest BCUT2D eigenvalue weighted by Gasteiger charge is -2.19. The Kier molecular flexibility index (Phi) is 5.13. The van der Waals surface area contributed by atoms with E-state index in [-0.39, 0.29) is 17.4 Å². The number of nitrogens with zero attached hydrogens (tertiary/aromatic N) is 4. The zero-order chi connectivity index (χ0) is 17.0. The first-order chi connectivity index (χ1) is 10.8. The quantitative estimate of drug-likeness (QED) is 0.920. The van der Waals surface area contributed by atoms with Gasteiger partial charge in [0.2, 0.25) is 0 Å². The zero-order valence-corrected chi connectivity index (χ0v) is 14.5. The fourth-order valence-corrected chi connectivity index (χ4v) is 2.29. The highest BCUT2D eigenvalue weighted by atomic mass is 16.1. The Morgan fingerprint density at radius 3 is 2.43 bits per heavy atom. The first kappa shape index (κ1) is 17.1. The number of aromatic nitrogens is 4. The molecule has 1 amide bonds. The summed E-state index contributed by atoms with van der Waals surface area (Å²) in [6, 6.07) is 7.96. The van der Waals surface area contributed by atoms with Crippen molar-refractivity contribution in [3.63, 3.8) is 0 Å². The van der Waals surface area contributed by atoms with Gasteiger partial charge in [-0.05, 0) is 47.4 Å². The minimum atomic E-state index is -0.0750. The first-order valence-corrected chi connectivity index (χ1v) is 7.94. The molecule has 1 aromatic carbocycles. The number of nitrogens with one attached hydrogen (secondary N) is 1. The van der Waals surface area contributed by atoms with E-state index in [9.17, 15) is 4.79 Å². The summed E-state index contributed by atoms with van der Waals surface area (Å²) in [5.74, 6) is 0.706. The molecule has 1 aromatic heterocycles. The molecule has 0 fully saturated rings. The van der Waals surface area contributed by atoms with Gasteiger partial charge in [0, 0.05) is 18.5 Å². The lowest BCUT2D eigenvalue weighted by molar-refractivity contribution is 0.0954. The topological polar surface area (TPSA) is 72.7 Å². The summed E-state index contributed by atoms with van der Waals surface area (Å²) in [5.41, 5.74) is 1.97. The second kappa shape index (κ2) is 6.89. The molecular formula is C17H25N5O. The maximum absolute atomic E-state index is 12.2. The van der Waals surface area contributed by atoms with Crippen molar-refractivity contribution in [2.45, 2.75) is 52.5 Å². The minimum Gasteiger partial charge on any atom is -0.352 e. The van der Waals surface area contributed by atoms with Crippen molar-refractivity contribution in [2.75, 3.05) is 6.54 Å². The zero-order valence-electron chi connectivity index (χ0n) is 14.5. The number of benzene rings is 1. The van der Waals surface area contributed by atoms with Crippen molar-refractivity contribution in [1.29, 1.82) is 0 Å². The second-order valence-corrected chi connectivity index (χ2v) is 6.97. The number of carbonyl (C=O) groups is 1. The van der Waals surface area contributed by atoms with E-state index in [4.69, 9.17) is 0 Å². The molecule has 0 unspecified atom stereocenters. The van der Waals surface area contributed by atoms with E-state index in [0.29, 0.717) is 18.5 Å². The van der Waals surface area contributed by atoms with Crippen LogP contribution in [0.1, 0.15) is 62.4 Å². The summed E-state index contributed by atoms with van der Waals surface area (Å²) in [6.07, 6.45) is 0.608. The highest BCUT2D eigenvalue weighted by Crippen LogP contribution is 2.22. The largest absolute Gasteiger partial charge is 0.352 e. The molecule has 0 saturated carbocycles. The normalized spacial score (nSPS) is 11.7. The molecule has 1 heterocycles. The van der Waals surface area contributed by atoms with E-state index in [0.717, 1.165) is 5.82 Å². The Hall–Kier alpha value is -2.24. The number of hydrogen-bond donors (Lipinski definition) is 1. The van der Waals surface area contributed by atoms with Crippen molar-refractivity contribution < 1.29 is 4.79 Å². The summed E-state index contributed by atoms with van der Waals surface area (Å²) < 4.78 is 1.77. The summed E-state index contributed by atoms with van der Waals surface area (Å²) >= 11 is 0. The highest BCUT2D eigenvalue weighted by Gasteiger charge is 2.14. The first-order valence-electron chi connectivity index (χ1n) is 7.94. The number of hydrogen-bond acceptors (Lipinski definition) is 4. The van der Waals surface area contributed by atoms with Crippen LogP contribution in [0.4, 0.5) is 0 Å². The van der Waals surface area contributed by atoms with E-state index in [1.807, 2.05) is 38.1 Å². The fraction of sp³-hybridized carbons (Fsp3) is 0.529. The van der Waals surface area contributed by atoms with Crippen LogP contribution in [0.5, 0.6) is 0 Å². The molecule has 0 radical (unpaired) electrons. The van der Waals surface area contributed by atoms with Crippen molar-refractivity contribution in [2.24, 2.45) is 0 Å². The van der Waals surface area contributed by atoms with E-state index < -0.39 is 0 Å². The van der Waals surface area contributed by atoms with Crippen LogP contribution in [-0.2, 0) is 11.8 Å². The standard InChI is InChI=1S/C17H25N5O/c1-12(2)22-15(19-20-21-22)10-11-18-16(23)13-6-8-14(9-7-13)17(3,4)5/h6-9,12H,10-11H2,1-5H3,(H,18,23). The molecule has 0 spiro atoms. The van der Waals surface area contributed by atoms with E-state index in [2.05, 4.69) is 41.6 Å². The summed E-state index contributed by atoms with van der Waals surface area (Å²) in [5, 5.41) is 14.5. The minimum absolute atomic E-state index is 0.0750. The van der Waals surface area contributed by atoms with Crippen LogP contribution >= 0.6 is 0 Å². The molecule has 6 nitrogen and oxygen atoms in total. The molecular weight excluding hydrogens is 290 g/mol. The molecule has 6 heteroatoms. The Bertz CT molecular complexity index is 652. The van der Waals surface area contributed by atoms with Gasteiger partial charge in [-0.25, -0.2) is 4.68 Å². The van der Waals surface area contributed by atoms with Gasteiger partial charge in [0.1, 0.15) is 0 Å². The molecule has 0 bridgehead atoms. The van der Waals surface area contributed by atoms with Crippen molar-refractivity contribution >= 4 is 5.91 Å². The predicted octanol–water partition coefficient (Wildman–Crippen LogP) is 2.52. The Labute approximate surface area is 137 Å². The average molecular weight is 315 g/mol. The van der Waals surface area contributed by atoms with E-state index >= 15 is 0 Å². The van der Waals surface area contributed by atoms with Gasteiger partial charge in [-0.3, -0.25) is 4.79 Å². The smallest absolute Gasteiger partial charge is 0.251 e. The van der Waals surface area contributed by atoms with Crippen LogP contribution in [0, 0.1) is 0 Å². The van der Waals surface area contributed by atoms with Crippen LogP contribution in [0.3, 0.4) is 0 Å². The monoisotopic (exact) mass is 315 g/mol. The Morgan fingerprint density at radius 2 is 1.87 bits per heavy atom. The van der Waals surface area contributed by atoms with Crippen LogP contribution in [0.15, 0.2) is 24.3 Å². The number of tetrazole rings is 1. The maximum atomic E-state index is 12.2. The SMILES string of the molecule is CC(C)n1nnnc1CCNC(=O)c1ccc(C(C)(C)C)cc1. The summed E-state index contributed by atoms with van der Waals surface area (Å²) in [7, 11) is 0. The third-order valence-electron chi connectivity index (χ3n) is 3.70. The second-order valence-electron chi connectivity index (χ2n) is 6.97. The van der Waals surface area contributed by atoms with Gasteiger partial charge in [-0.2, -0.15) is 0 Å². The van der Waals surface area contributed by atoms with E-state index in [1.54, 1.807) is 4.68 Å². The molecule has 1 N–H and O–H groups in total. The van der Waals surface area contributed by atoms with Gasteiger partial charge >= 0.3 is 0 Å². The highest BCUT2D eigenvalue weighted by molar-refractivity contribution is 5.94. The molecule has 2 rings (SSSR count). The summed E-state index contributed by atoms with van der Waals surface area (Å²) in [6.45, 7) is 11.0. The molecule has 0 saturated heterocycles. The van der Waals surface area contributed by atoms with Crippen molar-refractivity contribution in [3.8, 4) is 0 Å². The van der Waals surface area contributed by atoms with Gasteiger partial charge in [0.15, 0.2) is 5.82 Å². The van der Waals surface area contributed by atoms with Crippen LogP contribution < -0.4 is 5.32 Å². The summed E-state index contributed by atoms with van der Waals surface area (Å²) in [4.78, 5) is 12.2. The molecule has 0 atom stereocenters. The fourth-order valence-electron chi connectivity index (χ4n) is 2.29. The molecule has 0 aliphatic rings. The average Bonchev–Trinajstić information content (AvgIpc) is 2.95. The predicted molar refractivity (Wildman–Crippen MR) is 89.4 cm³/mol. The molecule has 124 valence electrons. The lowest BCUT2D eigenvalue weighted by atomic mass is 9.87. The van der Waals surface area contributed by atoms with Gasteiger partial charge in [-0.15, -0.1) is 5.10 Å². The third kappa shape index (κ3) is 4.37. The van der Waals surface area contributed by atoms with Crippen molar-refractivity contribution in [3.05, 3.63) is 41.2 Å². The number of rotatable bonds is 5. The third-order valence-corrected chi connectivity index (χ3v) is 3.70. The molecule has 23 heavy (non-hydrogen) atoms. The van der Waals surface area contributed by atoms with Crippen molar-refractivity contribution in [1.82, 2.24) is 25.5 Å². The molecule has 0 aliphatic carbocycles.